The van der Waals surface area contributed by atoms with Gasteiger partial charge in [0.2, 0.25) is 0 Å². The van der Waals surface area contributed by atoms with Crippen LogP contribution in [0.2, 0.25) is 0 Å². The van der Waals surface area contributed by atoms with Gasteiger partial charge in [-0.25, -0.2) is 19.3 Å². The molecule has 6 aromatic rings. The van der Waals surface area contributed by atoms with Crippen molar-refractivity contribution in [1.29, 1.82) is 0 Å². The first-order valence-electron chi connectivity index (χ1n) is 13.4. The summed E-state index contributed by atoms with van der Waals surface area (Å²) >= 11 is 3.33. The van der Waals surface area contributed by atoms with Crippen molar-refractivity contribution in [3.05, 3.63) is 152 Å². The third-order valence-electron chi connectivity index (χ3n) is 6.53. The van der Waals surface area contributed by atoms with Crippen molar-refractivity contribution in [3.63, 3.8) is 0 Å². The van der Waals surface area contributed by atoms with Crippen LogP contribution in [0.1, 0.15) is 28.2 Å². The molecule has 2 aromatic carbocycles. The Hall–Kier alpha value is -4.54. The van der Waals surface area contributed by atoms with Crippen LogP contribution in [0.5, 0.6) is 0 Å². The number of H-pyrrole nitrogens is 2. The Balaban J connectivity index is 1.11. The highest BCUT2D eigenvalue weighted by Gasteiger charge is 2.10. The molecule has 0 aliphatic carbocycles. The summed E-state index contributed by atoms with van der Waals surface area (Å²) in [6.07, 6.45) is 2.43. The lowest BCUT2D eigenvalue weighted by Crippen LogP contribution is -2.15. The number of thioether (sulfide) groups is 2. The van der Waals surface area contributed by atoms with Gasteiger partial charge in [-0.3, -0.25) is 19.8 Å². The number of aryl methyl sites for hydroxylation is 1. The van der Waals surface area contributed by atoms with Crippen LogP contribution in [0.25, 0.3) is 11.6 Å². The molecule has 2 N–H and O–H groups in total. The van der Waals surface area contributed by atoms with Crippen LogP contribution in [0.15, 0.2) is 123 Å². The smallest absolute Gasteiger partial charge is 0.272 e. The number of aromatic amines is 2. The fourth-order valence-electron chi connectivity index (χ4n) is 4.54. The highest BCUT2D eigenvalue weighted by atomic mass is 32.2. The van der Waals surface area contributed by atoms with E-state index in [0.29, 0.717) is 29.6 Å². The summed E-state index contributed by atoms with van der Waals surface area (Å²) in [5.41, 5.74) is 4.46. The number of benzene rings is 2. The van der Waals surface area contributed by atoms with E-state index in [0.717, 1.165) is 38.0 Å². The van der Waals surface area contributed by atoms with Gasteiger partial charge in [0.25, 0.3) is 11.1 Å². The fourth-order valence-corrected chi connectivity index (χ4v) is 6.24. The first-order chi connectivity index (χ1) is 20.5. The third kappa shape index (κ3) is 6.67. The summed E-state index contributed by atoms with van der Waals surface area (Å²) < 4.78 is 2.97. The van der Waals surface area contributed by atoms with E-state index in [1.165, 1.54) is 9.36 Å². The van der Waals surface area contributed by atoms with E-state index < -0.39 is 0 Å². The zero-order chi connectivity index (χ0) is 28.9. The van der Waals surface area contributed by atoms with Crippen LogP contribution in [-0.4, -0.2) is 29.5 Å². The molecule has 0 unspecified atom stereocenters. The van der Waals surface area contributed by atoms with E-state index >= 15 is 0 Å². The Morgan fingerprint density at radius 3 is 2.05 bits per heavy atom. The average molecular weight is 593 g/mol. The first kappa shape index (κ1) is 27.6. The van der Waals surface area contributed by atoms with Gasteiger partial charge in [-0.05, 0) is 73.0 Å². The van der Waals surface area contributed by atoms with Crippen molar-refractivity contribution < 1.29 is 0 Å². The maximum absolute atomic E-state index is 12.7. The van der Waals surface area contributed by atoms with Gasteiger partial charge >= 0.3 is 0 Å². The van der Waals surface area contributed by atoms with E-state index in [4.69, 9.17) is 0 Å². The van der Waals surface area contributed by atoms with Gasteiger partial charge in [-0.1, -0.05) is 36.4 Å². The zero-order valence-electron chi connectivity index (χ0n) is 22.9. The minimum Gasteiger partial charge on any atom is -0.293 e. The number of hydrogen-bond acceptors (Lipinski definition) is 6. The molecular formula is C32H28N6O2S2. The number of hydrogen-bond donors (Lipinski definition) is 2. The van der Waals surface area contributed by atoms with Gasteiger partial charge < -0.3 is 0 Å². The maximum Gasteiger partial charge on any atom is 0.272 e. The lowest BCUT2D eigenvalue weighted by atomic mass is 10.1. The molecule has 0 aliphatic heterocycles. The predicted octanol–water partition coefficient (Wildman–Crippen LogP) is 5.92. The van der Waals surface area contributed by atoms with Gasteiger partial charge in [0, 0.05) is 56.7 Å². The van der Waals surface area contributed by atoms with E-state index in [1.807, 2.05) is 61.5 Å². The zero-order valence-corrected chi connectivity index (χ0v) is 24.5. The van der Waals surface area contributed by atoms with Gasteiger partial charge in [0.15, 0.2) is 11.6 Å². The Bertz CT molecular complexity index is 1940. The van der Waals surface area contributed by atoms with Crippen LogP contribution < -0.4 is 11.1 Å². The third-order valence-corrected chi connectivity index (χ3v) is 8.63. The highest BCUT2D eigenvalue weighted by molar-refractivity contribution is 7.98. The quantitative estimate of drug-likeness (QED) is 0.192. The van der Waals surface area contributed by atoms with Crippen LogP contribution in [0.3, 0.4) is 0 Å². The summed E-state index contributed by atoms with van der Waals surface area (Å²) in [5, 5.41) is 6.38. The minimum atomic E-state index is -0.133. The van der Waals surface area contributed by atoms with E-state index in [9.17, 15) is 9.59 Å². The highest BCUT2D eigenvalue weighted by Crippen LogP contribution is 2.24. The first-order valence-corrected chi connectivity index (χ1v) is 15.4. The maximum atomic E-state index is 12.7. The summed E-state index contributed by atoms with van der Waals surface area (Å²) in [7, 11) is 0. The SMILES string of the molecule is Cc1cccc(-n2[nH]c(CSc3cccc(Cc4ccnc(-n5[nH]c(CSc6ccccc6)cc5=O)c4)c3)cc2=O)n1. The molecule has 10 heteroatoms. The molecule has 0 bridgehead atoms. The molecule has 0 saturated heterocycles. The molecule has 6 rings (SSSR count). The van der Waals surface area contributed by atoms with Crippen molar-refractivity contribution in [3.8, 4) is 11.6 Å². The molecule has 42 heavy (non-hydrogen) atoms. The monoisotopic (exact) mass is 592 g/mol. The standard InChI is InChI=1S/C32H28N6O2S2/c1-22-7-5-12-29(34-22)37-31(39)18-26(35-37)21-42-28-11-6-8-23(16-28)15-24-13-14-33-30(17-24)38-32(40)19-25(36-38)20-41-27-9-3-2-4-10-27/h2-14,16-19,35-36H,15,20-21H2,1H3. The van der Waals surface area contributed by atoms with E-state index in [2.05, 4.69) is 50.5 Å². The molecule has 4 aromatic heterocycles. The predicted molar refractivity (Wildman–Crippen MR) is 168 cm³/mol. The summed E-state index contributed by atoms with van der Waals surface area (Å²) in [5.74, 6) is 2.43. The second kappa shape index (κ2) is 12.5. The summed E-state index contributed by atoms with van der Waals surface area (Å²) in [4.78, 5) is 36.4. The van der Waals surface area contributed by atoms with Gasteiger partial charge in [-0.2, -0.15) is 0 Å². The topological polar surface area (TPSA) is 101 Å². The summed E-state index contributed by atoms with van der Waals surface area (Å²) in [6.45, 7) is 1.90. The molecule has 0 spiro atoms. The van der Waals surface area contributed by atoms with Gasteiger partial charge in [-0.15, -0.1) is 23.5 Å². The molecule has 210 valence electrons. The Morgan fingerprint density at radius 1 is 0.667 bits per heavy atom. The summed E-state index contributed by atoms with van der Waals surface area (Å²) in [6, 6.07) is 31.2. The molecule has 4 heterocycles. The number of nitrogens with one attached hydrogen (secondary N) is 2. The fraction of sp³-hybridized carbons (Fsp3) is 0.125. The van der Waals surface area contributed by atoms with Crippen LogP contribution in [0.4, 0.5) is 0 Å². The molecule has 0 saturated carbocycles. The number of nitrogens with zero attached hydrogens (tertiary/aromatic N) is 4. The van der Waals surface area contributed by atoms with Crippen LogP contribution >= 0.6 is 23.5 Å². The largest absolute Gasteiger partial charge is 0.293 e. The Morgan fingerprint density at radius 2 is 1.31 bits per heavy atom. The molecule has 8 nitrogen and oxygen atoms in total. The molecule has 0 aliphatic rings. The van der Waals surface area contributed by atoms with Crippen LogP contribution in [-0.2, 0) is 17.9 Å². The Labute approximate surface area is 250 Å². The normalized spacial score (nSPS) is 11.2. The average Bonchev–Trinajstić information content (AvgIpc) is 3.57. The molecule has 0 radical (unpaired) electrons. The van der Waals surface area contributed by atoms with Gasteiger partial charge in [0.1, 0.15) is 0 Å². The Kier molecular flexibility index (Phi) is 8.25. The molecule has 0 amide bonds. The minimum absolute atomic E-state index is 0.130. The number of pyridine rings is 2. The number of rotatable bonds is 10. The van der Waals surface area contributed by atoms with Crippen molar-refractivity contribution in [1.82, 2.24) is 29.5 Å². The second-order valence-corrected chi connectivity index (χ2v) is 11.9. The van der Waals surface area contributed by atoms with E-state index in [1.54, 1.807) is 41.9 Å². The van der Waals surface area contributed by atoms with Crippen molar-refractivity contribution in [2.45, 2.75) is 34.6 Å². The van der Waals surface area contributed by atoms with Crippen molar-refractivity contribution in [2.24, 2.45) is 0 Å². The molecule has 0 atom stereocenters. The number of aromatic nitrogens is 6. The second-order valence-electron chi connectivity index (χ2n) is 9.78. The van der Waals surface area contributed by atoms with Gasteiger partial charge in [0.05, 0.1) is 0 Å². The lowest BCUT2D eigenvalue weighted by molar-refractivity contribution is 0.800. The van der Waals surface area contributed by atoms with Crippen molar-refractivity contribution in [2.75, 3.05) is 0 Å². The molecule has 0 fully saturated rings. The molecular weight excluding hydrogens is 565 g/mol. The van der Waals surface area contributed by atoms with Crippen molar-refractivity contribution >= 4 is 23.5 Å². The lowest BCUT2D eigenvalue weighted by Gasteiger charge is -2.07. The van der Waals surface area contributed by atoms with E-state index in [-0.39, 0.29) is 11.1 Å². The van der Waals surface area contributed by atoms with Crippen LogP contribution in [0, 0.1) is 6.92 Å².